The normalized spacial score (nSPS) is 10.8. The van der Waals surface area contributed by atoms with Crippen molar-refractivity contribution in [3.8, 4) is 0 Å². The Bertz CT molecular complexity index is 733. The maximum atomic E-state index is 10.7. The van der Waals surface area contributed by atoms with Crippen LogP contribution >= 0.6 is 31.9 Å². The van der Waals surface area contributed by atoms with Crippen molar-refractivity contribution >= 4 is 42.0 Å². The molecule has 0 aliphatic rings. The van der Waals surface area contributed by atoms with Gasteiger partial charge in [0.15, 0.2) is 0 Å². The molecule has 0 aliphatic carbocycles. The van der Waals surface area contributed by atoms with Crippen molar-refractivity contribution in [2.45, 2.75) is 12.8 Å². The summed E-state index contributed by atoms with van der Waals surface area (Å²) in [6.45, 7) is 0.393. The quantitative estimate of drug-likeness (QED) is 0.637. The number of rotatable bonds is 6. The van der Waals surface area contributed by atoms with Crippen molar-refractivity contribution in [1.29, 1.82) is 0 Å². The highest BCUT2D eigenvalue weighted by molar-refractivity contribution is 9.10. The lowest BCUT2D eigenvalue weighted by molar-refractivity contribution is 0.299. The second-order valence-corrected chi connectivity index (χ2v) is 8.29. The van der Waals surface area contributed by atoms with E-state index in [1.807, 2.05) is 48.5 Å². The molecule has 0 fully saturated rings. The lowest BCUT2D eigenvalue weighted by Crippen LogP contribution is -2.06. The molecule has 2 aromatic rings. The van der Waals surface area contributed by atoms with Crippen LogP contribution in [0.2, 0.25) is 0 Å². The molecule has 4 nitrogen and oxygen atoms in total. The number of hydrogen-bond acceptors (Lipinski definition) is 4. The molecule has 7 heteroatoms. The van der Waals surface area contributed by atoms with Gasteiger partial charge in [0.25, 0.3) is 10.1 Å². The first-order chi connectivity index (χ1) is 11.3. The van der Waals surface area contributed by atoms with Crippen LogP contribution in [0.1, 0.15) is 11.1 Å². The van der Waals surface area contributed by atoms with Crippen LogP contribution in [0.5, 0.6) is 0 Å². The fraction of sp³-hybridized carbons (Fsp3) is 0.294. The summed E-state index contributed by atoms with van der Waals surface area (Å²) in [7, 11) is -3.32. The average molecular weight is 480 g/mol. The van der Waals surface area contributed by atoms with Gasteiger partial charge >= 0.3 is 0 Å². The molecule has 0 saturated carbocycles. The van der Waals surface area contributed by atoms with E-state index in [0.717, 1.165) is 32.7 Å². The highest BCUT2D eigenvalue weighted by Gasteiger charge is 2.03. The van der Waals surface area contributed by atoms with Crippen molar-refractivity contribution in [1.82, 2.24) is 0 Å². The smallest absolute Gasteiger partial charge is 0.264 e. The molecule has 24 heavy (non-hydrogen) atoms. The summed E-state index contributed by atoms with van der Waals surface area (Å²) in [5, 5.41) is 8.62. The molecule has 0 radical (unpaired) electrons. The number of aliphatic hydroxyl groups excluding tert-OH is 1. The Kier molecular flexibility index (Phi) is 9.76. The van der Waals surface area contributed by atoms with Crippen molar-refractivity contribution in [3.63, 3.8) is 0 Å². The van der Waals surface area contributed by atoms with Gasteiger partial charge in [0.2, 0.25) is 0 Å². The van der Waals surface area contributed by atoms with Gasteiger partial charge in [-0.15, -0.1) is 0 Å². The molecule has 132 valence electrons. The maximum Gasteiger partial charge on any atom is 0.264 e. The molecule has 0 bridgehead atoms. The monoisotopic (exact) mass is 478 g/mol. The first kappa shape index (κ1) is 21.3. The molecule has 0 atom stereocenters. The van der Waals surface area contributed by atoms with E-state index < -0.39 is 10.1 Å². The van der Waals surface area contributed by atoms with Gasteiger partial charge < -0.3 is 5.11 Å². The highest BCUT2D eigenvalue weighted by atomic mass is 79.9. The Morgan fingerprint density at radius 3 is 1.79 bits per heavy atom. The molecule has 0 heterocycles. The Morgan fingerprint density at radius 2 is 1.38 bits per heavy atom. The minimum absolute atomic E-state index is 0.182. The molecule has 2 aromatic carbocycles. The van der Waals surface area contributed by atoms with Gasteiger partial charge in [0.1, 0.15) is 0 Å². The molecule has 0 aliphatic heterocycles. The van der Waals surface area contributed by atoms with Crippen LogP contribution < -0.4 is 0 Å². The molecule has 0 saturated heterocycles. The Labute approximate surface area is 160 Å². The average Bonchev–Trinajstić information content (AvgIpc) is 2.51. The third-order valence-electron chi connectivity index (χ3n) is 2.97. The SMILES string of the molecule is CS(=O)(=O)OCCc1ccccc1Br.OCCc1ccccc1Br. The van der Waals surface area contributed by atoms with Gasteiger partial charge in [-0.05, 0) is 36.1 Å². The van der Waals surface area contributed by atoms with E-state index in [0.29, 0.717) is 6.42 Å². The molecular weight excluding hydrogens is 460 g/mol. The lowest BCUT2D eigenvalue weighted by Gasteiger charge is -2.03. The summed E-state index contributed by atoms with van der Waals surface area (Å²) >= 11 is 6.76. The predicted octanol–water partition coefficient (Wildman–Crippen LogP) is 3.95. The fourth-order valence-corrected chi connectivity index (χ4v) is 3.18. The largest absolute Gasteiger partial charge is 0.396 e. The van der Waals surface area contributed by atoms with Gasteiger partial charge in [-0.25, -0.2) is 0 Å². The molecule has 0 spiro atoms. The second kappa shape index (κ2) is 11.0. The first-order valence-electron chi connectivity index (χ1n) is 7.25. The van der Waals surface area contributed by atoms with Crippen molar-refractivity contribution in [2.75, 3.05) is 19.5 Å². The Balaban J connectivity index is 0.000000254. The fourth-order valence-electron chi connectivity index (χ4n) is 1.83. The summed E-state index contributed by atoms with van der Waals surface area (Å²) in [4.78, 5) is 0. The van der Waals surface area contributed by atoms with Crippen LogP contribution in [0.4, 0.5) is 0 Å². The third kappa shape index (κ3) is 8.94. The second-order valence-electron chi connectivity index (χ2n) is 4.93. The third-order valence-corrected chi connectivity index (χ3v) is 5.11. The van der Waals surface area contributed by atoms with Gasteiger partial charge in [0.05, 0.1) is 12.9 Å². The molecule has 0 aromatic heterocycles. The van der Waals surface area contributed by atoms with Crippen LogP contribution in [-0.4, -0.2) is 33.0 Å². The number of halogens is 2. The number of benzene rings is 2. The van der Waals surface area contributed by atoms with E-state index in [9.17, 15) is 8.42 Å². The summed E-state index contributed by atoms with van der Waals surface area (Å²) < 4.78 is 28.0. The van der Waals surface area contributed by atoms with E-state index in [1.54, 1.807) is 0 Å². The molecular formula is C17H20Br2O4S. The van der Waals surface area contributed by atoms with Crippen molar-refractivity contribution in [3.05, 3.63) is 68.6 Å². The predicted molar refractivity (Wildman–Crippen MR) is 104 cm³/mol. The van der Waals surface area contributed by atoms with Crippen LogP contribution in [0.15, 0.2) is 57.5 Å². The lowest BCUT2D eigenvalue weighted by atomic mass is 10.2. The van der Waals surface area contributed by atoms with E-state index >= 15 is 0 Å². The Hall–Kier alpha value is -0.730. The van der Waals surface area contributed by atoms with Crippen LogP contribution in [0, 0.1) is 0 Å². The van der Waals surface area contributed by atoms with E-state index in [4.69, 9.17) is 5.11 Å². The molecule has 2 rings (SSSR count). The zero-order valence-corrected chi connectivity index (χ0v) is 17.3. The maximum absolute atomic E-state index is 10.7. The Morgan fingerprint density at radius 1 is 0.917 bits per heavy atom. The minimum Gasteiger partial charge on any atom is -0.396 e. The van der Waals surface area contributed by atoms with Crippen molar-refractivity contribution in [2.24, 2.45) is 0 Å². The highest BCUT2D eigenvalue weighted by Crippen LogP contribution is 2.16. The van der Waals surface area contributed by atoms with Crippen LogP contribution in [0.25, 0.3) is 0 Å². The minimum atomic E-state index is -3.32. The molecule has 1 N–H and O–H groups in total. The van der Waals surface area contributed by atoms with Gasteiger partial charge in [-0.1, -0.05) is 68.3 Å². The molecule has 0 amide bonds. The summed E-state index contributed by atoms with van der Waals surface area (Å²) in [6, 6.07) is 15.6. The number of hydrogen-bond donors (Lipinski definition) is 1. The zero-order valence-electron chi connectivity index (χ0n) is 13.3. The van der Waals surface area contributed by atoms with Gasteiger partial charge in [0, 0.05) is 15.6 Å². The van der Waals surface area contributed by atoms with E-state index in [2.05, 4.69) is 36.0 Å². The summed E-state index contributed by atoms with van der Waals surface area (Å²) in [5.74, 6) is 0. The van der Waals surface area contributed by atoms with Crippen LogP contribution in [-0.2, 0) is 27.1 Å². The number of aliphatic hydroxyl groups is 1. The summed E-state index contributed by atoms with van der Waals surface area (Å²) in [6.07, 6.45) is 2.35. The first-order valence-corrected chi connectivity index (χ1v) is 10.7. The molecule has 0 unspecified atom stereocenters. The summed E-state index contributed by atoms with van der Waals surface area (Å²) in [5.41, 5.74) is 2.20. The van der Waals surface area contributed by atoms with Crippen LogP contribution in [0.3, 0.4) is 0 Å². The van der Waals surface area contributed by atoms with Gasteiger partial charge in [-0.2, -0.15) is 8.42 Å². The topological polar surface area (TPSA) is 63.6 Å². The standard InChI is InChI=1S/C9H11BrO3S.C8H9BrO/c1-14(11,12)13-7-6-8-4-2-3-5-9(8)10;9-8-4-2-1-3-7(8)5-6-10/h2-5H,6-7H2,1H3;1-4,10H,5-6H2. The van der Waals surface area contributed by atoms with Gasteiger partial charge in [-0.3, -0.25) is 4.18 Å². The van der Waals surface area contributed by atoms with E-state index in [-0.39, 0.29) is 13.2 Å². The zero-order chi connectivity index (χ0) is 18.0. The van der Waals surface area contributed by atoms with E-state index in [1.165, 1.54) is 0 Å². The van der Waals surface area contributed by atoms with Crippen molar-refractivity contribution < 1.29 is 17.7 Å².